The summed E-state index contributed by atoms with van der Waals surface area (Å²) >= 11 is 0. The molecule has 0 spiro atoms. The number of carboxylic acid groups (broad SMARTS) is 1. The van der Waals surface area contributed by atoms with E-state index in [4.69, 9.17) is 5.11 Å². The number of amides is 1. The van der Waals surface area contributed by atoms with E-state index >= 15 is 0 Å². The lowest BCUT2D eigenvalue weighted by Crippen LogP contribution is -2.42. The molecule has 162 valence electrons. The number of hydrogen-bond donors (Lipinski definition) is 2. The second-order valence-corrected chi connectivity index (χ2v) is 8.88. The Morgan fingerprint density at radius 1 is 1.28 bits per heavy atom. The van der Waals surface area contributed by atoms with Gasteiger partial charge in [-0.15, -0.1) is 0 Å². The van der Waals surface area contributed by atoms with Crippen molar-refractivity contribution >= 4 is 17.6 Å². The van der Waals surface area contributed by atoms with Crippen molar-refractivity contribution in [1.29, 1.82) is 0 Å². The van der Waals surface area contributed by atoms with Crippen LogP contribution in [0.2, 0.25) is 0 Å². The lowest BCUT2D eigenvalue weighted by atomic mass is 9.71. The molecule has 1 aliphatic carbocycles. The molecule has 0 unspecified atom stereocenters. The van der Waals surface area contributed by atoms with Crippen LogP contribution in [0.4, 0.5) is 0 Å². The fraction of sp³-hybridized carbons (Fsp3) is 0.625. The minimum absolute atomic E-state index is 0.316. The van der Waals surface area contributed by atoms with Gasteiger partial charge >= 0.3 is 5.97 Å². The van der Waals surface area contributed by atoms with Crippen molar-refractivity contribution in [3.8, 4) is 0 Å². The van der Waals surface area contributed by atoms with Gasteiger partial charge in [0, 0.05) is 5.71 Å². The lowest BCUT2D eigenvalue weighted by molar-refractivity contribution is -0.141. The number of aliphatic carboxylic acids is 1. The maximum Gasteiger partial charge on any atom is 0.325 e. The van der Waals surface area contributed by atoms with Crippen molar-refractivity contribution in [2.45, 2.75) is 92.7 Å². The normalized spacial score (nSPS) is 20.0. The average molecular weight is 403 g/mol. The summed E-state index contributed by atoms with van der Waals surface area (Å²) in [6, 6.07) is -1.55. The number of carboxylic acids is 1. The van der Waals surface area contributed by atoms with Gasteiger partial charge in [-0.1, -0.05) is 42.7 Å². The van der Waals surface area contributed by atoms with Gasteiger partial charge in [-0.2, -0.15) is 0 Å². The maximum absolute atomic E-state index is 12.0. The third kappa shape index (κ3) is 8.38. The molecule has 0 aromatic heterocycles. The zero-order valence-electron chi connectivity index (χ0n) is 19.1. The van der Waals surface area contributed by atoms with Crippen molar-refractivity contribution in [2.24, 2.45) is 10.4 Å². The van der Waals surface area contributed by atoms with Gasteiger partial charge in [0.25, 0.3) is 0 Å². The fourth-order valence-corrected chi connectivity index (χ4v) is 3.79. The minimum Gasteiger partial charge on any atom is -0.480 e. The Morgan fingerprint density at radius 2 is 1.93 bits per heavy atom. The van der Waals surface area contributed by atoms with E-state index in [-0.39, 0.29) is 0 Å². The lowest BCUT2D eigenvalue weighted by Gasteiger charge is -2.34. The van der Waals surface area contributed by atoms with Crippen LogP contribution in [0, 0.1) is 5.41 Å². The van der Waals surface area contributed by atoms with Crippen LogP contribution < -0.4 is 5.32 Å². The Morgan fingerprint density at radius 3 is 2.52 bits per heavy atom. The van der Waals surface area contributed by atoms with Crippen molar-refractivity contribution in [1.82, 2.24) is 5.32 Å². The van der Waals surface area contributed by atoms with E-state index in [9.17, 15) is 9.59 Å². The van der Waals surface area contributed by atoms with Gasteiger partial charge in [-0.25, -0.2) is 0 Å². The van der Waals surface area contributed by atoms with E-state index in [1.807, 2.05) is 19.1 Å². The fourth-order valence-electron chi connectivity index (χ4n) is 3.79. The molecule has 0 heterocycles. The topological polar surface area (TPSA) is 78.8 Å². The molecule has 0 fully saturated rings. The molecule has 0 bridgehead atoms. The highest BCUT2D eigenvalue weighted by atomic mass is 16.4. The summed E-state index contributed by atoms with van der Waals surface area (Å²) in [5, 5.41) is 11.3. The predicted octanol–water partition coefficient (Wildman–Crippen LogP) is 5.23. The van der Waals surface area contributed by atoms with E-state index in [1.54, 1.807) is 18.1 Å². The smallest absolute Gasteiger partial charge is 0.325 e. The predicted molar refractivity (Wildman–Crippen MR) is 120 cm³/mol. The second-order valence-electron chi connectivity index (χ2n) is 8.88. The van der Waals surface area contributed by atoms with Gasteiger partial charge in [0.15, 0.2) is 0 Å². The number of carbonyl (C=O) groups excluding carboxylic acids is 1. The monoisotopic (exact) mass is 402 g/mol. The molecule has 0 aliphatic heterocycles. The summed E-state index contributed by atoms with van der Waals surface area (Å²) in [4.78, 5) is 27.1. The number of carbonyl (C=O) groups is 2. The summed E-state index contributed by atoms with van der Waals surface area (Å²) in [5.41, 5.74) is 5.55. The van der Waals surface area contributed by atoms with Gasteiger partial charge in [0.2, 0.25) is 5.91 Å². The summed E-state index contributed by atoms with van der Waals surface area (Å²) in [7, 11) is 0. The first-order chi connectivity index (χ1) is 13.4. The molecule has 5 heteroatoms. The van der Waals surface area contributed by atoms with E-state index in [1.165, 1.54) is 31.8 Å². The van der Waals surface area contributed by atoms with Crippen molar-refractivity contribution in [2.75, 3.05) is 0 Å². The van der Waals surface area contributed by atoms with Gasteiger partial charge in [-0.3, -0.25) is 14.6 Å². The van der Waals surface area contributed by atoms with Crippen molar-refractivity contribution < 1.29 is 14.7 Å². The minimum atomic E-state index is -1.06. The largest absolute Gasteiger partial charge is 0.480 e. The van der Waals surface area contributed by atoms with E-state index < -0.39 is 24.0 Å². The van der Waals surface area contributed by atoms with E-state index in [0.717, 1.165) is 18.6 Å². The van der Waals surface area contributed by atoms with Gasteiger partial charge in [-0.05, 0) is 78.2 Å². The molecule has 1 aliphatic rings. The number of allylic oxidation sites excluding steroid dienone is 6. The second kappa shape index (κ2) is 11.1. The average Bonchev–Trinajstić information content (AvgIpc) is 2.60. The summed E-state index contributed by atoms with van der Waals surface area (Å²) in [6.45, 7) is 14.1. The highest BCUT2D eigenvalue weighted by Crippen LogP contribution is 2.42. The van der Waals surface area contributed by atoms with Gasteiger partial charge in [0.05, 0.1) is 0 Å². The molecule has 2 N–H and O–H groups in total. The van der Waals surface area contributed by atoms with Gasteiger partial charge < -0.3 is 10.4 Å². The highest BCUT2D eigenvalue weighted by Gasteiger charge is 2.27. The summed E-state index contributed by atoms with van der Waals surface area (Å²) in [5.74, 6) is -1.45. The molecule has 1 amide bonds. The standard InChI is InChI=1S/C24H38N2O3/c1-16(13-14-21-17(2)11-9-15-24(21,6)7)10-8-12-18(3)25-19(4)22(27)26-20(5)23(28)29/h8,10,12,19-20H,9,11,13-15H2,1-7H3,(H,26,27)(H,28,29)/t19-,20-/m0/s1. The van der Waals surface area contributed by atoms with Crippen LogP contribution in [0.15, 0.2) is 39.9 Å². The zero-order valence-corrected chi connectivity index (χ0v) is 19.1. The molecule has 2 atom stereocenters. The number of rotatable bonds is 9. The molecule has 5 nitrogen and oxygen atoms in total. The Hall–Kier alpha value is -2.17. The Kier molecular flexibility index (Phi) is 9.54. The summed E-state index contributed by atoms with van der Waals surface area (Å²) in [6.07, 6.45) is 11.9. The van der Waals surface area contributed by atoms with Crippen LogP contribution >= 0.6 is 0 Å². The van der Waals surface area contributed by atoms with Crippen LogP contribution in [-0.4, -0.2) is 34.8 Å². The molecule has 29 heavy (non-hydrogen) atoms. The molecule has 1 rings (SSSR count). The molecular weight excluding hydrogens is 364 g/mol. The SMILES string of the molecule is CC(=CC=CC(C)=N[C@@H](C)C(=O)N[C@@H](C)C(=O)O)CCC1=C(C)CCCC1(C)C. The Labute approximate surface area is 176 Å². The molecule has 0 saturated carbocycles. The van der Waals surface area contributed by atoms with Crippen molar-refractivity contribution in [3.05, 3.63) is 34.9 Å². The molecule has 0 radical (unpaired) electrons. The summed E-state index contributed by atoms with van der Waals surface area (Å²) < 4.78 is 0. The van der Waals surface area contributed by atoms with E-state index in [0.29, 0.717) is 5.41 Å². The van der Waals surface area contributed by atoms with Gasteiger partial charge in [0.1, 0.15) is 12.1 Å². The third-order valence-corrected chi connectivity index (χ3v) is 5.68. The molecule has 0 aromatic rings. The van der Waals surface area contributed by atoms with E-state index in [2.05, 4.69) is 44.1 Å². The molecule has 0 saturated heterocycles. The van der Waals surface area contributed by atoms with Crippen LogP contribution in [0.25, 0.3) is 0 Å². The third-order valence-electron chi connectivity index (χ3n) is 5.68. The zero-order chi connectivity index (χ0) is 22.2. The first-order valence-electron chi connectivity index (χ1n) is 10.5. The maximum atomic E-state index is 12.0. The Balaban J connectivity index is 2.61. The quantitative estimate of drug-likeness (QED) is 0.315. The number of nitrogens with one attached hydrogen (secondary N) is 1. The first-order valence-corrected chi connectivity index (χ1v) is 10.5. The number of aliphatic imine (C=N–C) groups is 1. The molecule has 0 aromatic carbocycles. The van der Waals surface area contributed by atoms with Crippen LogP contribution in [0.1, 0.15) is 80.6 Å². The first kappa shape index (κ1) is 24.9. The van der Waals surface area contributed by atoms with Crippen LogP contribution in [-0.2, 0) is 9.59 Å². The highest BCUT2D eigenvalue weighted by molar-refractivity contribution is 5.95. The Bertz CT molecular complexity index is 726. The molecular formula is C24H38N2O3. The van der Waals surface area contributed by atoms with Crippen molar-refractivity contribution in [3.63, 3.8) is 0 Å². The van der Waals surface area contributed by atoms with Crippen LogP contribution in [0.3, 0.4) is 0 Å². The number of hydrogen-bond acceptors (Lipinski definition) is 3. The van der Waals surface area contributed by atoms with Crippen LogP contribution in [0.5, 0.6) is 0 Å². The number of nitrogens with zero attached hydrogens (tertiary/aromatic N) is 1.